The first kappa shape index (κ1) is 23.9. The summed E-state index contributed by atoms with van der Waals surface area (Å²) in [6.07, 6.45) is 7.62. The Balaban J connectivity index is 0.000000360. The first-order valence-corrected chi connectivity index (χ1v) is 11.5. The lowest BCUT2D eigenvalue weighted by Gasteiger charge is -2.29. The molecule has 4 rings (SSSR count). The number of hydrogen-bond donors (Lipinski definition) is 3. The van der Waals surface area contributed by atoms with Crippen LogP contribution in [0.3, 0.4) is 0 Å². The highest BCUT2D eigenvalue weighted by molar-refractivity contribution is 9.10. The number of nitrogens with one attached hydrogen (secondary N) is 2. The number of hydrogen-bond acceptors (Lipinski definition) is 7. The number of anilines is 2. The topological polar surface area (TPSA) is 114 Å². The van der Waals surface area contributed by atoms with Crippen LogP contribution in [0.1, 0.15) is 31.7 Å². The van der Waals surface area contributed by atoms with E-state index in [-0.39, 0.29) is 12.5 Å². The van der Waals surface area contributed by atoms with E-state index in [1.165, 1.54) is 19.3 Å². The number of nitrogens with two attached hydrogens (primary N) is 1. The monoisotopic (exact) mass is 508 g/mol. The SMILES string of the molecule is CCOC(=O)CN.CO[n+]1cccc(CNc2cc(N3CCCCC3)nc3c(Br)[nH]n23)c1. The largest absolute Gasteiger partial charge is 0.465 e. The third-order valence-corrected chi connectivity index (χ3v) is 5.55. The van der Waals surface area contributed by atoms with E-state index in [1.54, 1.807) is 18.8 Å². The summed E-state index contributed by atoms with van der Waals surface area (Å²) in [5.74, 6) is 1.69. The fourth-order valence-electron chi connectivity index (χ4n) is 3.39. The molecule has 0 saturated carbocycles. The van der Waals surface area contributed by atoms with Crippen molar-refractivity contribution in [1.29, 1.82) is 0 Å². The van der Waals surface area contributed by atoms with E-state index in [1.807, 2.05) is 23.0 Å². The normalized spacial score (nSPS) is 13.4. The van der Waals surface area contributed by atoms with Gasteiger partial charge in [0, 0.05) is 42.1 Å². The average molecular weight is 509 g/mol. The second-order valence-electron chi connectivity index (χ2n) is 7.25. The molecular formula is C21H31BrN7O3+. The Morgan fingerprint density at radius 3 is 2.78 bits per heavy atom. The van der Waals surface area contributed by atoms with Crippen molar-refractivity contribution in [2.24, 2.45) is 5.73 Å². The third kappa shape index (κ3) is 6.13. The highest BCUT2D eigenvalue weighted by atomic mass is 79.9. The minimum absolute atomic E-state index is 0.0200. The second-order valence-corrected chi connectivity index (χ2v) is 8.04. The number of aromatic nitrogens is 4. The summed E-state index contributed by atoms with van der Waals surface area (Å²) in [5, 5.41) is 6.72. The van der Waals surface area contributed by atoms with E-state index in [0.29, 0.717) is 13.2 Å². The number of halogens is 1. The predicted octanol–water partition coefficient (Wildman–Crippen LogP) is 1.88. The van der Waals surface area contributed by atoms with Crippen LogP contribution in [-0.2, 0) is 16.1 Å². The lowest BCUT2D eigenvalue weighted by molar-refractivity contribution is -0.885. The van der Waals surface area contributed by atoms with Crippen molar-refractivity contribution in [3.8, 4) is 0 Å². The van der Waals surface area contributed by atoms with Crippen molar-refractivity contribution in [2.75, 3.05) is 43.6 Å². The molecule has 32 heavy (non-hydrogen) atoms. The number of ether oxygens (including phenoxy) is 1. The van der Waals surface area contributed by atoms with Gasteiger partial charge in [-0.25, -0.2) is 9.50 Å². The first-order valence-electron chi connectivity index (χ1n) is 10.7. The van der Waals surface area contributed by atoms with Crippen LogP contribution in [0.15, 0.2) is 35.2 Å². The van der Waals surface area contributed by atoms with Crippen molar-refractivity contribution >= 4 is 39.2 Å². The van der Waals surface area contributed by atoms with Crippen LogP contribution in [0.4, 0.5) is 11.6 Å². The molecule has 3 aromatic heterocycles. The van der Waals surface area contributed by atoms with Gasteiger partial charge in [-0.3, -0.25) is 14.7 Å². The number of pyridine rings is 1. The van der Waals surface area contributed by atoms with Gasteiger partial charge in [-0.05, 0) is 48.2 Å². The summed E-state index contributed by atoms with van der Waals surface area (Å²) in [7, 11) is 1.65. The molecule has 10 nitrogen and oxygen atoms in total. The number of aromatic amines is 1. The molecule has 0 spiro atoms. The van der Waals surface area contributed by atoms with E-state index in [4.69, 9.17) is 15.6 Å². The summed E-state index contributed by atoms with van der Waals surface area (Å²) >= 11 is 3.52. The van der Waals surface area contributed by atoms with Gasteiger partial charge in [0.15, 0.2) is 5.65 Å². The molecule has 0 unspecified atom stereocenters. The lowest BCUT2D eigenvalue weighted by Crippen LogP contribution is -2.40. The maximum Gasteiger partial charge on any atom is 0.319 e. The number of esters is 1. The lowest BCUT2D eigenvalue weighted by atomic mass is 10.1. The summed E-state index contributed by atoms with van der Waals surface area (Å²) < 4.78 is 9.00. The average Bonchev–Trinajstić information content (AvgIpc) is 2.83. The summed E-state index contributed by atoms with van der Waals surface area (Å²) in [6, 6.07) is 6.16. The first-order chi connectivity index (χ1) is 15.5. The molecule has 0 bridgehead atoms. The van der Waals surface area contributed by atoms with Gasteiger partial charge in [0.2, 0.25) is 12.4 Å². The van der Waals surface area contributed by atoms with Gasteiger partial charge in [-0.2, -0.15) is 0 Å². The number of piperidine rings is 1. The van der Waals surface area contributed by atoms with Crippen LogP contribution >= 0.6 is 15.9 Å². The number of H-pyrrole nitrogens is 1. The Labute approximate surface area is 195 Å². The van der Waals surface area contributed by atoms with Gasteiger partial charge in [0.25, 0.3) is 0 Å². The molecule has 0 amide bonds. The Hall–Kier alpha value is -2.79. The maximum absolute atomic E-state index is 10.1. The van der Waals surface area contributed by atoms with E-state index < -0.39 is 0 Å². The molecule has 4 N–H and O–H groups in total. The van der Waals surface area contributed by atoms with Crippen molar-refractivity contribution < 1.29 is 19.1 Å². The molecule has 0 aromatic carbocycles. The summed E-state index contributed by atoms with van der Waals surface area (Å²) in [6.45, 7) is 4.99. The zero-order valence-electron chi connectivity index (χ0n) is 18.5. The molecule has 1 fully saturated rings. The standard InChI is InChI=1S/C17H22BrN6O.C4H9NO2/c1-25-23-9-5-6-13(12-23)11-19-14-10-15(22-7-3-2-4-8-22)20-17-16(18)21-24(14)17;1-2-7-4(6)3-5/h5-6,9-10,12,19,21H,2-4,7-8,11H2,1H3;2-3,5H2,1H3/q+1;. The van der Waals surface area contributed by atoms with Gasteiger partial charge in [0.1, 0.15) is 23.3 Å². The minimum Gasteiger partial charge on any atom is -0.465 e. The van der Waals surface area contributed by atoms with Crippen molar-refractivity contribution in [2.45, 2.75) is 32.7 Å². The zero-order chi connectivity index (χ0) is 22.9. The van der Waals surface area contributed by atoms with Gasteiger partial charge < -0.3 is 20.7 Å². The molecule has 11 heteroatoms. The van der Waals surface area contributed by atoms with Crippen molar-refractivity contribution in [3.63, 3.8) is 0 Å². The number of fused-ring (bicyclic) bond motifs is 1. The van der Waals surface area contributed by atoms with Crippen LogP contribution < -0.4 is 25.5 Å². The van der Waals surface area contributed by atoms with E-state index in [9.17, 15) is 4.79 Å². The number of rotatable bonds is 7. The molecule has 4 heterocycles. The summed E-state index contributed by atoms with van der Waals surface area (Å²) in [4.78, 5) is 22.4. The highest BCUT2D eigenvalue weighted by Crippen LogP contribution is 2.27. The fraction of sp³-hybridized carbons (Fsp3) is 0.476. The maximum atomic E-state index is 10.1. The van der Waals surface area contributed by atoms with Crippen LogP contribution in [0.5, 0.6) is 0 Å². The highest BCUT2D eigenvalue weighted by Gasteiger charge is 2.18. The van der Waals surface area contributed by atoms with Crippen LogP contribution in [0, 0.1) is 0 Å². The molecule has 0 atom stereocenters. The third-order valence-electron chi connectivity index (χ3n) is 5.02. The minimum atomic E-state index is -0.345. The molecule has 3 aromatic rings. The van der Waals surface area contributed by atoms with Crippen molar-refractivity contribution in [1.82, 2.24) is 14.6 Å². The van der Waals surface area contributed by atoms with Gasteiger partial charge in [0.05, 0.1) is 13.2 Å². The number of carbonyl (C=O) groups is 1. The van der Waals surface area contributed by atoms with Crippen LogP contribution in [0.2, 0.25) is 0 Å². The van der Waals surface area contributed by atoms with Crippen LogP contribution in [-0.4, -0.2) is 53.9 Å². The molecule has 1 saturated heterocycles. The second kappa shape index (κ2) is 11.7. The van der Waals surface area contributed by atoms with Gasteiger partial charge >= 0.3 is 5.97 Å². The molecule has 0 radical (unpaired) electrons. The van der Waals surface area contributed by atoms with E-state index in [0.717, 1.165) is 40.5 Å². The Morgan fingerprint density at radius 2 is 2.16 bits per heavy atom. The molecular weight excluding hydrogens is 478 g/mol. The number of carbonyl (C=O) groups excluding carboxylic acids is 1. The van der Waals surface area contributed by atoms with Gasteiger partial charge in [-0.15, -0.1) is 0 Å². The summed E-state index contributed by atoms with van der Waals surface area (Å²) in [5.41, 5.74) is 6.94. The fourth-order valence-corrected chi connectivity index (χ4v) is 3.84. The molecule has 174 valence electrons. The Bertz CT molecular complexity index is 1010. The molecule has 1 aliphatic rings. The van der Waals surface area contributed by atoms with Crippen molar-refractivity contribution in [3.05, 3.63) is 40.8 Å². The molecule has 1 aliphatic heterocycles. The zero-order valence-corrected chi connectivity index (χ0v) is 20.1. The Morgan fingerprint density at radius 1 is 1.38 bits per heavy atom. The van der Waals surface area contributed by atoms with Crippen LogP contribution in [0.25, 0.3) is 5.65 Å². The van der Waals surface area contributed by atoms with E-state index in [2.05, 4.69) is 48.1 Å². The molecule has 0 aliphatic carbocycles. The Kier molecular flexibility index (Phi) is 8.74. The number of nitrogens with zero attached hydrogens (tertiary/aromatic N) is 4. The smallest absolute Gasteiger partial charge is 0.319 e. The predicted molar refractivity (Wildman–Crippen MR) is 125 cm³/mol. The van der Waals surface area contributed by atoms with E-state index >= 15 is 0 Å². The quantitative estimate of drug-likeness (QED) is 0.329. The van der Waals surface area contributed by atoms with Gasteiger partial charge in [-0.1, -0.05) is 0 Å².